The summed E-state index contributed by atoms with van der Waals surface area (Å²) in [5.41, 5.74) is 2.38. The van der Waals surface area contributed by atoms with E-state index >= 15 is 0 Å². The van der Waals surface area contributed by atoms with E-state index in [1.165, 1.54) is 5.56 Å². The molecular weight excluding hydrogens is 252 g/mol. The first-order valence-electron chi connectivity index (χ1n) is 7.48. The predicted octanol–water partition coefficient (Wildman–Crippen LogP) is 3.99. The zero-order valence-corrected chi connectivity index (χ0v) is 13.3. The molecule has 1 aliphatic heterocycles. The van der Waals surface area contributed by atoms with Crippen molar-refractivity contribution in [1.82, 2.24) is 0 Å². The number of benzene rings is 1. The van der Waals surface area contributed by atoms with Crippen LogP contribution >= 0.6 is 0 Å². The molecule has 20 heavy (non-hydrogen) atoms. The fourth-order valence-electron chi connectivity index (χ4n) is 2.58. The van der Waals surface area contributed by atoms with Gasteiger partial charge in [0.2, 0.25) is 0 Å². The van der Waals surface area contributed by atoms with Gasteiger partial charge < -0.3 is 14.2 Å². The highest BCUT2D eigenvalue weighted by molar-refractivity contribution is 5.42. The van der Waals surface area contributed by atoms with E-state index in [4.69, 9.17) is 14.2 Å². The van der Waals surface area contributed by atoms with Crippen LogP contribution in [0.15, 0.2) is 18.2 Å². The Labute approximate surface area is 122 Å². The van der Waals surface area contributed by atoms with Crippen molar-refractivity contribution in [1.29, 1.82) is 0 Å². The van der Waals surface area contributed by atoms with Crippen molar-refractivity contribution in [2.75, 3.05) is 19.8 Å². The SMILES string of the molecule is CCOc1ccc(C(C)(C)C)cc1C1(CC)OCCO1. The Morgan fingerprint density at radius 3 is 2.30 bits per heavy atom. The Kier molecular flexibility index (Phi) is 4.40. The van der Waals surface area contributed by atoms with Crippen molar-refractivity contribution in [3.05, 3.63) is 29.3 Å². The van der Waals surface area contributed by atoms with Gasteiger partial charge in [0.05, 0.1) is 25.4 Å². The molecule has 1 fully saturated rings. The van der Waals surface area contributed by atoms with E-state index in [-0.39, 0.29) is 5.41 Å². The van der Waals surface area contributed by atoms with E-state index in [1.54, 1.807) is 0 Å². The molecule has 112 valence electrons. The van der Waals surface area contributed by atoms with E-state index in [1.807, 2.05) is 13.0 Å². The van der Waals surface area contributed by atoms with Crippen LogP contribution < -0.4 is 4.74 Å². The van der Waals surface area contributed by atoms with Crippen molar-refractivity contribution < 1.29 is 14.2 Å². The van der Waals surface area contributed by atoms with E-state index in [9.17, 15) is 0 Å². The predicted molar refractivity (Wildman–Crippen MR) is 80.2 cm³/mol. The van der Waals surface area contributed by atoms with Crippen LogP contribution in [0, 0.1) is 0 Å². The van der Waals surface area contributed by atoms with Crippen molar-refractivity contribution >= 4 is 0 Å². The largest absolute Gasteiger partial charge is 0.493 e. The molecule has 0 aliphatic carbocycles. The first-order chi connectivity index (χ1) is 9.43. The van der Waals surface area contributed by atoms with Gasteiger partial charge >= 0.3 is 0 Å². The molecule has 0 saturated carbocycles. The van der Waals surface area contributed by atoms with Gasteiger partial charge in [-0.2, -0.15) is 0 Å². The maximum absolute atomic E-state index is 5.93. The second-order valence-electron chi connectivity index (χ2n) is 6.20. The first kappa shape index (κ1) is 15.3. The standard InChI is InChI=1S/C17H26O3/c1-6-17(19-10-11-20-17)14-12-13(16(3,4)5)8-9-15(14)18-7-2/h8-9,12H,6-7,10-11H2,1-5H3. The van der Waals surface area contributed by atoms with Crippen LogP contribution in [-0.2, 0) is 20.7 Å². The zero-order valence-electron chi connectivity index (χ0n) is 13.3. The molecule has 1 aliphatic rings. The van der Waals surface area contributed by atoms with Crippen molar-refractivity contribution in [3.63, 3.8) is 0 Å². The van der Waals surface area contributed by atoms with E-state index < -0.39 is 5.79 Å². The Morgan fingerprint density at radius 2 is 1.80 bits per heavy atom. The van der Waals surface area contributed by atoms with Gasteiger partial charge in [0.25, 0.3) is 0 Å². The lowest BCUT2D eigenvalue weighted by molar-refractivity contribution is -0.168. The summed E-state index contributed by atoms with van der Waals surface area (Å²) in [7, 11) is 0. The monoisotopic (exact) mass is 278 g/mol. The van der Waals surface area contributed by atoms with Gasteiger partial charge in [-0.05, 0) is 30.0 Å². The molecule has 0 spiro atoms. The van der Waals surface area contributed by atoms with Crippen molar-refractivity contribution in [3.8, 4) is 5.75 Å². The fourth-order valence-corrected chi connectivity index (χ4v) is 2.58. The Morgan fingerprint density at radius 1 is 1.15 bits per heavy atom. The lowest BCUT2D eigenvalue weighted by Crippen LogP contribution is -2.28. The molecule has 3 nitrogen and oxygen atoms in total. The average Bonchev–Trinajstić information content (AvgIpc) is 2.88. The highest BCUT2D eigenvalue weighted by Gasteiger charge is 2.39. The van der Waals surface area contributed by atoms with Crippen molar-refractivity contribution in [2.24, 2.45) is 0 Å². The van der Waals surface area contributed by atoms with Crippen LogP contribution in [0.25, 0.3) is 0 Å². The fraction of sp³-hybridized carbons (Fsp3) is 0.647. The van der Waals surface area contributed by atoms with Gasteiger partial charge in [-0.25, -0.2) is 0 Å². The summed E-state index contributed by atoms with van der Waals surface area (Å²) in [6, 6.07) is 6.36. The summed E-state index contributed by atoms with van der Waals surface area (Å²) in [5, 5.41) is 0. The van der Waals surface area contributed by atoms with Crippen LogP contribution in [0.3, 0.4) is 0 Å². The quantitative estimate of drug-likeness (QED) is 0.833. The first-order valence-corrected chi connectivity index (χ1v) is 7.48. The molecule has 0 N–H and O–H groups in total. The zero-order chi connectivity index (χ0) is 14.8. The minimum absolute atomic E-state index is 0.0903. The molecule has 3 heteroatoms. The molecular formula is C17H26O3. The van der Waals surface area contributed by atoms with E-state index in [2.05, 4.69) is 39.8 Å². The summed E-state index contributed by atoms with van der Waals surface area (Å²) in [5.74, 6) is 0.218. The molecule has 0 unspecified atom stereocenters. The minimum Gasteiger partial charge on any atom is -0.493 e. The van der Waals surface area contributed by atoms with Gasteiger partial charge in [0, 0.05) is 6.42 Å². The van der Waals surface area contributed by atoms with Gasteiger partial charge in [0.15, 0.2) is 5.79 Å². The summed E-state index contributed by atoms with van der Waals surface area (Å²) >= 11 is 0. The third-order valence-corrected chi connectivity index (χ3v) is 3.78. The lowest BCUT2D eigenvalue weighted by Gasteiger charge is -2.30. The summed E-state index contributed by atoms with van der Waals surface area (Å²) < 4.78 is 17.6. The van der Waals surface area contributed by atoms with Crippen LogP contribution in [0.2, 0.25) is 0 Å². The topological polar surface area (TPSA) is 27.7 Å². The number of ether oxygens (including phenoxy) is 3. The minimum atomic E-state index is -0.647. The van der Waals surface area contributed by atoms with Crippen LogP contribution in [-0.4, -0.2) is 19.8 Å². The molecule has 1 saturated heterocycles. The molecule has 0 bridgehead atoms. The summed E-state index contributed by atoms with van der Waals surface area (Å²) in [6.07, 6.45) is 0.778. The highest BCUT2D eigenvalue weighted by Crippen LogP contribution is 2.41. The average molecular weight is 278 g/mol. The Bertz CT molecular complexity index is 454. The molecule has 0 amide bonds. The molecule has 0 aromatic heterocycles. The van der Waals surface area contributed by atoms with Gasteiger partial charge in [-0.1, -0.05) is 33.8 Å². The second kappa shape index (κ2) is 5.74. The lowest BCUT2D eigenvalue weighted by atomic mass is 9.84. The number of hydrogen-bond acceptors (Lipinski definition) is 3. The molecule has 0 atom stereocenters. The molecule has 1 aromatic rings. The van der Waals surface area contributed by atoms with E-state index in [0.717, 1.165) is 17.7 Å². The Hall–Kier alpha value is -1.06. The van der Waals surface area contributed by atoms with Crippen LogP contribution in [0.1, 0.15) is 52.2 Å². The van der Waals surface area contributed by atoms with Crippen molar-refractivity contribution in [2.45, 2.75) is 52.2 Å². The maximum Gasteiger partial charge on any atom is 0.198 e. The molecule has 0 radical (unpaired) electrons. The smallest absolute Gasteiger partial charge is 0.198 e. The summed E-state index contributed by atoms with van der Waals surface area (Å²) in [6.45, 7) is 12.6. The normalized spacial score (nSPS) is 18.2. The van der Waals surface area contributed by atoms with Crippen LogP contribution in [0.4, 0.5) is 0 Å². The van der Waals surface area contributed by atoms with Gasteiger partial charge in [0.1, 0.15) is 5.75 Å². The molecule has 1 heterocycles. The van der Waals surface area contributed by atoms with Gasteiger partial charge in [-0.15, -0.1) is 0 Å². The Balaban J connectivity index is 2.51. The van der Waals surface area contributed by atoms with Crippen LogP contribution in [0.5, 0.6) is 5.75 Å². The maximum atomic E-state index is 5.93. The third kappa shape index (κ3) is 2.84. The highest BCUT2D eigenvalue weighted by atomic mass is 16.7. The molecule has 1 aromatic carbocycles. The summed E-state index contributed by atoms with van der Waals surface area (Å²) in [4.78, 5) is 0. The number of hydrogen-bond donors (Lipinski definition) is 0. The molecule has 2 rings (SSSR count). The second-order valence-corrected chi connectivity index (χ2v) is 6.20. The van der Waals surface area contributed by atoms with E-state index in [0.29, 0.717) is 19.8 Å². The van der Waals surface area contributed by atoms with Gasteiger partial charge in [-0.3, -0.25) is 0 Å². The number of rotatable bonds is 4. The third-order valence-electron chi connectivity index (χ3n) is 3.78.